The van der Waals surface area contributed by atoms with Crippen molar-refractivity contribution in [3.05, 3.63) is 39.0 Å². The molecular weight excluding hydrogens is 280 g/mol. The minimum Gasteiger partial charge on any atom is -0.404 e. The standard InChI is InChI=1S/C16H22N4O2/c1-12(10-17)9-14-13(2)20(16(22)11-18-14)8-4-7-19-6-3-5-15(19)21/h9-11H,2-8,17H2,1H3/b12-10-,14-9+. The van der Waals surface area contributed by atoms with Gasteiger partial charge in [-0.2, -0.15) is 0 Å². The van der Waals surface area contributed by atoms with Crippen molar-refractivity contribution >= 4 is 18.6 Å². The summed E-state index contributed by atoms with van der Waals surface area (Å²) in [7, 11) is 0. The van der Waals surface area contributed by atoms with Crippen LogP contribution in [0.25, 0.3) is 12.7 Å². The Balaban J connectivity index is 2.15. The Bertz CT molecular complexity index is 748. The molecule has 6 heteroatoms. The lowest BCUT2D eigenvalue weighted by Gasteiger charge is -2.15. The van der Waals surface area contributed by atoms with Crippen LogP contribution in [-0.2, 0) is 11.3 Å². The summed E-state index contributed by atoms with van der Waals surface area (Å²) in [6.45, 7) is 7.83. The number of carbonyl (C=O) groups is 1. The van der Waals surface area contributed by atoms with Crippen LogP contribution < -0.4 is 22.0 Å². The van der Waals surface area contributed by atoms with Crippen LogP contribution in [0.4, 0.5) is 0 Å². The van der Waals surface area contributed by atoms with Gasteiger partial charge in [0.25, 0.3) is 5.56 Å². The van der Waals surface area contributed by atoms with E-state index in [-0.39, 0.29) is 11.5 Å². The Labute approximate surface area is 129 Å². The molecule has 0 bridgehead atoms. The number of amides is 1. The average molecular weight is 302 g/mol. The number of nitrogens with two attached hydrogens (primary N) is 1. The predicted molar refractivity (Wildman–Crippen MR) is 86.1 cm³/mol. The third kappa shape index (κ3) is 3.63. The number of hydrogen-bond acceptors (Lipinski definition) is 4. The Morgan fingerprint density at radius 2 is 2.23 bits per heavy atom. The number of likely N-dealkylation sites (tertiary alicyclic amines) is 1. The Hall–Kier alpha value is -2.37. The Kier molecular flexibility index (Phi) is 5.14. The molecule has 22 heavy (non-hydrogen) atoms. The third-order valence-corrected chi connectivity index (χ3v) is 3.81. The zero-order valence-corrected chi connectivity index (χ0v) is 12.9. The molecule has 1 aromatic heterocycles. The number of allylic oxidation sites excluding steroid dienone is 1. The van der Waals surface area contributed by atoms with Gasteiger partial charge in [0.15, 0.2) is 0 Å². The second-order valence-corrected chi connectivity index (χ2v) is 5.47. The molecule has 1 fully saturated rings. The van der Waals surface area contributed by atoms with Crippen LogP contribution in [0.1, 0.15) is 26.2 Å². The number of hydrogen-bond donors (Lipinski definition) is 1. The number of carbonyl (C=O) groups excluding carboxylic acids is 1. The summed E-state index contributed by atoms with van der Waals surface area (Å²) < 4.78 is 1.60. The van der Waals surface area contributed by atoms with Gasteiger partial charge >= 0.3 is 0 Å². The first-order chi connectivity index (χ1) is 10.5. The highest BCUT2D eigenvalue weighted by Crippen LogP contribution is 2.09. The number of nitrogens with zero attached hydrogens (tertiary/aromatic N) is 3. The van der Waals surface area contributed by atoms with Gasteiger partial charge in [0.2, 0.25) is 5.91 Å². The average Bonchev–Trinajstić information content (AvgIpc) is 2.90. The summed E-state index contributed by atoms with van der Waals surface area (Å²) >= 11 is 0. The van der Waals surface area contributed by atoms with Crippen molar-refractivity contribution in [3.63, 3.8) is 0 Å². The van der Waals surface area contributed by atoms with Crippen LogP contribution in [0, 0.1) is 0 Å². The largest absolute Gasteiger partial charge is 0.404 e. The smallest absolute Gasteiger partial charge is 0.269 e. The maximum Gasteiger partial charge on any atom is 0.269 e. The minimum atomic E-state index is -0.177. The Morgan fingerprint density at radius 3 is 2.86 bits per heavy atom. The van der Waals surface area contributed by atoms with Gasteiger partial charge in [0.1, 0.15) is 0 Å². The maximum atomic E-state index is 12.0. The van der Waals surface area contributed by atoms with Gasteiger partial charge in [-0.15, -0.1) is 0 Å². The lowest BCUT2D eigenvalue weighted by molar-refractivity contribution is -0.127. The summed E-state index contributed by atoms with van der Waals surface area (Å²) in [4.78, 5) is 29.5. The zero-order valence-electron chi connectivity index (χ0n) is 12.9. The van der Waals surface area contributed by atoms with Gasteiger partial charge in [-0.25, -0.2) is 4.98 Å². The van der Waals surface area contributed by atoms with E-state index in [4.69, 9.17) is 5.73 Å². The van der Waals surface area contributed by atoms with Crippen LogP contribution >= 0.6 is 0 Å². The molecule has 1 aliphatic rings. The highest BCUT2D eigenvalue weighted by atomic mass is 16.2. The molecule has 1 saturated heterocycles. The van der Waals surface area contributed by atoms with E-state index in [2.05, 4.69) is 11.6 Å². The van der Waals surface area contributed by atoms with Crippen molar-refractivity contribution in [2.24, 2.45) is 5.73 Å². The highest BCUT2D eigenvalue weighted by Gasteiger charge is 2.19. The van der Waals surface area contributed by atoms with Crippen LogP contribution in [0.3, 0.4) is 0 Å². The molecule has 0 unspecified atom stereocenters. The second-order valence-electron chi connectivity index (χ2n) is 5.47. The molecule has 0 spiro atoms. The monoisotopic (exact) mass is 302 g/mol. The molecule has 1 aliphatic heterocycles. The minimum absolute atomic E-state index is 0.177. The fourth-order valence-corrected chi connectivity index (χ4v) is 2.53. The van der Waals surface area contributed by atoms with Crippen molar-refractivity contribution in [1.82, 2.24) is 14.5 Å². The topological polar surface area (TPSA) is 81.2 Å². The van der Waals surface area contributed by atoms with Gasteiger partial charge in [0.05, 0.1) is 16.9 Å². The van der Waals surface area contributed by atoms with Crippen molar-refractivity contribution in [2.75, 3.05) is 13.1 Å². The predicted octanol–water partition coefficient (Wildman–Crippen LogP) is -0.691. The van der Waals surface area contributed by atoms with Gasteiger partial charge in [-0.1, -0.05) is 6.58 Å². The highest BCUT2D eigenvalue weighted by molar-refractivity contribution is 5.77. The normalized spacial score (nSPS) is 16.6. The van der Waals surface area contributed by atoms with E-state index in [9.17, 15) is 9.59 Å². The van der Waals surface area contributed by atoms with Crippen LogP contribution in [0.15, 0.2) is 22.8 Å². The zero-order chi connectivity index (χ0) is 16.1. The fraction of sp³-hybridized carbons (Fsp3) is 0.438. The van der Waals surface area contributed by atoms with E-state index >= 15 is 0 Å². The molecule has 0 aliphatic carbocycles. The molecule has 0 atom stereocenters. The van der Waals surface area contributed by atoms with E-state index in [1.165, 1.54) is 12.4 Å². The SMILES string of the molecule is C=c1/c(=C\C(C)=C/N)ncc(=O)n1CCCN1CCCC1=O. The second kappa shape index (κ2) is 7.06. The van der Waals surface area contributed by atoms with Gasteiger partial charge in [0, 0.05) is 26.1 Å². The van der Waals surface area contributed by atoms with Crippen LogP contribution in [0.5, 0.6) is 0 Å². The van der Waals surface area contributed by atoms with Gasteiger partial charge < -0.3 is 15.2 Å². The van der Waals surface area contributed by atoms with Gasteiger partial charge in [-0.3, -0.25) is 9.59 Å². The summed E-state index contributed by atoms with van der Waals surface area (Å²) in [6, 6.07) is 0. The molecule has 118 valence electrons. The first-order valence-electron chi connectivity index (χ1n) is 7.45. The molecule has 0 radical (unpaired) electrons. The van der Waals surface area contributed by atoms with Crippen molar-refractivity contribution < 1.29 is 4.79 Å². The lowest BCUT2D eigenvalue weighted by atomic mass is 10.3. The molecule has 0 saturated carbocycles. The molecule has 2 rings (SSSR count). The number of aromatic nitrogens is 2. The molecule has 2 heterocycles. The summed E-state index contributed by atoms with van der Waals surface area (Å²) in [5.41, 5.74) is 6.13. The third-order valence-electron chi connectivity index (χ3n) is 3.81. The van der Waals surface area contributed by atoms with E-state index in [1.54, 1.807) is 10.6 Å². The van der Waals surface area contributed by atoms with Crippen molar-refractivity contribution in [2.45, 2.75) is 32.7 Å². The van der Waals surface area contributed by atoms with E-state index < -0.39 is 0 Å². The summed E-state index contributed by atoms with van der Waals surface area (Å²) in [6.07, 6.45) is 6.87. The molecule has 1 aromatic rings. The van der Waals surface area contributed by atoms with Gasteiger partial charge in [-0.05, 0) is 37.6 Å². The first-order valence-corrected chi connectivity index (χ1v) is 7.45. The molecule has 0 aromatic carbocycles. The van der Waals surface area contributed by atoms with Crippen molar-refractivity contribution in [1.29, 1.82) is 0 Å². The van der Waals surface area contributed by atoms with Crippen LogP contribution in [-0.4, -0.2) is 33.4 Å². The molecular formula is C16H22N4O2. The Morgan fingerprint density at radius 1 is 1.45 bits per heavy atom. The first kappa shape index (κ1) is 16.0. The summed E-state index contributed by atoms with van der Waals surface area (Å²) in [5, 5.41) is 1.21. The molecule has 2 N–H and O–H groups in total. The number of rotatable bonds is 5. The van der Waals surface area contributed by atoms with E-state index in [0.717, 1.165) is 25.0 Å². The van der Waals surface area contributed by atoms with Crippen LogP contribution in [0.2, 0.25) is 0 Å². The van der Waals surface area contributed by atoms with E-state index in [0.29, 0.717) is 30.2 Å². The lowest BCUT2D eigenvalue weighted by Crippen LogP contribution is -2.44. The van der Waals surface area contributed by atoms with Crippen molar-refractivity contribution in [3.8, 4) is 0 Å². The fourth-order valence-electron chi connectivity index (χ4n) is 2.53. The summed E-state index contributed by atoms with van der Waals surface area (Å²) in [5.74, 6) is 0.203. The molecule has 6 nitrogen and oxygen atoms in total. The molecule has 1 amide bonds. The maximum absolute atomic E-state index is 12.0. The quantitative estimate of drug-likeness (QED) is 0.780. The van der Waals surface area contributed by atoms with E-state index in [1.807, 2.05) is 11.8 Å².